The second-order valence-corrected chi connectivity index (χ2v) is 7.17. The molecule has 7 heteroatoms. The van der Waals surface area contributed by atoms with E-state index in [9.17, 15) is 0 Å². The van der Waals surface area contributed by atoms with Crippen LogP contribution in [0.25, 0.3) is 0 Å². The minimum absolute atomic E-state index is 0.384. The lowest BCUT2D eigenvalue weighted by molar-refractivity contribution is -1.03. The SMILES string of the molecule is C=CC[NH+]1CC[NH+]([C@@H](CC)c2nnnn2Cc2cccs2)CC1. The standard InChI is InChI=1S/C16H24N6S/c1-3-7-20-8-10-21(11-9-20)15(4-2)16-17-18-19-22(16)13-14-6-5-12-23-14/h3,5-6,12,15H,1,4,7-11,13H2,2H3/p+2/t15-/m0/s1. The van der Waals surface area contributed by atoms with Crippen molar-refractivity contribution in [2.75, 3.05) is 32.7 Å². The van der Waals surface area contributed by atoms with Crippen molar-refractivity contribution < 1.29 is 9.80 Å². The van der Waals surface area contributed by atoms with Gasteiger partial charge in [0, 0.05) is 11.3 Å². The summed E-state index contributed by atoms with van der Waals surface area (Å²) in [5.41, 5.74) is 0. The summed E-state index contributed by atoms with van der Waals surface area (Å²) in [7, 11) is 0. The highest BCUT2D eigenvalue weighted by Gasteiger charge is 2.32. The number of hydrogen-bond donors (Lipinski definition) is 2. The molecule has 0 bridgehead atoms. The number of piperazine rings is 1. The fourth-order valence-electron chi connectivity index (χ4n) is 3.46. The lowest BCUT2D eigenvalue weighted by Gasteiger charge is -2.33. The van der Waals surface area contributed by atoms with Crippen molar-refractivity contribution in [3.05, 3.63) is 40.9 Å². The number of rotatable bonds is 7. The van der Waals surface area contributed by atoms with Gasteiger partial charge in [0.15, 0.2) is 0 Å². The molecule has 2 aromatic heterocycles. The molecule has 0 amide bonds. The van der Waals surface area contributed by atoms with Gasteiger partial charge < -0.3 is 9.80 Å². The van der Waals surface area contributed by atoms with Crippen LogP contribution in [0.1, 0.15) is 30.1 Å². The lowest BCUT2D eigenvalue weighted by atomic mass is 10.1. The molecule has 1 aliphatic heterocycles. The Bertz CT molecular complexity index is 600. The van der Waals surface area contributed by atoms with Gasteiger partial charge >= 0.3 is 0 Å². The second-order valence-electron chi connectivity index (χ2n) is 6.14. The Morgan fingerprint density at radius 1 is 1.39 bits per heavy atom. The van der Waals surface area contributed by atoms with Crippen LogP contribution >= 0.6 is 11.3 Å². The number of nitrogens with zero attached hydrogens (tertiary/aromatic N) is 4. The minimum Gasteiger partial charge on any atom is -0.322 e. The Hall–Kier alpha value is -1.57. The summed E-state index contributed by atoms with van der Waals surface area (Å²) in [6, 6.07) is 4.60. The molecule has 2 N–H and O–H groups in total. The maximum absolute atomic E-state index is 4.36. The minimum atomic E-state index is 0.384. The maximum atomic E-state index is 4.36. The van der Waals surface area contributed by atoms with Crippen LogP contribution in [0.2, 0.25) is 0 Å². The van der Waals surface area contributed by atoms with Crippen molar-refractivity contribution in [1.82, 2.24) is 20.2 Å². The topological polar surface area (TPSA) is 52.5 Å². The van der Waals surface area contributed by atoms with Gasteiger partial charge in [0.1, 0.15) is 32.2 Å². The highest BCUT2D eigenvalue weighted by Crippen LogP contribution is 2.14. The molecule has 0 saturated carbocycles. The van der Waals surface area contributed by atoms with Gasteiger partial charge in [-0.15, -0.1) is 16.4 Å². The van der Waals surface area contributed by atoms with Gasteiger partial charge in [-0.2, -0.15) is 0 Å². The molecule has 124 valence electrons. The molecule has 23 heavy (non-hydrogen) atoms. The Morgan fingerprint density at radius 3 is 2.87 bits per heavy atom. The third-order valence-corrected chi connectivity index (χ3v) is 5.55. The molecular weight excluding hydrogens is 308 g/mol. The molecule has 0 aromatic carbocycles. The van der Waals surface area contributed by atoms with Crippen LogP contribution in [-0.2, 0) is 6.54 Å². The quantitative estimate of drug-likeness (QED) is 0.652. The third kappa shape index (κ3) is 3.85. The average molecular weight is 334 g/mol. The van der Waals surface area contributed by atoms with Crippen molar-refractivity contribution in [1.29, 1.82) is 0 Å². The van der Waals surface area contributed by atoms with E-state index in [4.69, 9.17) is 0 Å². The van der Waals surface area contributed by atoms with E-state index in [1.54, 1.807) is 21.1 Å². The first-order chi connectivity index (χ1) is 11.3. The molecule has 6 nitrogen and oxygen atoms in total. The smallest absolute Gasteiger partial charge is 0.209 e. The Labute approximate surface area is 141 Å². The zero-order valence-corrected chi connectivity index (χ0v) is 14.6. The number of nitrogens with one attached hydrogen (secondary N) is 2. The lowest BCUT2D eigenvalue weighted by Crippen LogP contribution is -3.28. The number of quaternary nitrogens is 2. The summed E-state index contributed by atoms with van der Waals surface area (Å²) in [6.07, 6.45) is 3.09. The summed E-state index contributed by atoms with van der Waals surface area (Å²) in [5.74, 6) is 1.03. The molecule has 0 unspecified atom stereocenters. The third-order valence-electron chi connectivity index (χ3n) is 4.69. The van der Waals surface area contributed by atoms with Crippen LogP contribution in [0.4, 0.5) is 0 Å². The van der Waals surface area contributed by atoms with Crippen LogP contribution < -0.4 is 9.80 Å². The molecule has 0 radical (unpaired) electrons. The summed E-state index contributed by atoms with van der Waals surface area (Å²) in [5, 5.41) is 14.6. The molecule has 0 spiro atoms. The Morgan fingerprint density at radius 2 is 2.22 bits per heavy atom. The van der Waals surface area contributed by atoms with E-state index >= 15 is 0 Å². The van der Waals surface area contributed by atoms with Gasteiger partial charge in [0.25, 0.3) is 0 Å². The Kier molecular flexibility index (Phi) is 5.53. The summed E-state index contributed by atoms with van der Waals surface area (Å²) < 4.78 is 1.98. The molecule has 0 aliphatic carbocycles. The second kappa shape index (κ2) is 7.81. The molecule has 1 atom stereocenters. The van der Waals surface area contributed by atoms with Crippen molar-refractivity contribution in [2.45, 2.75) is 25.9 Å². The fourth-order valence-corrected chi connectivity index (χ4v) is 4.14. The zero-order chi connectivity index (χ0) is 16.1. The van der Waals surface area contributed by atoms with E-state index in [1.807, 2.05) is 10.8 Å². The first kappa shape index (κ1) is 16.3. The van der Waals surface area contributed by atoms with Gasteiger partial charge in [-0.25, -0.2) is 4.68 Å². The zero-order valence-electron chi connectivity index (χ0n) is 13.7. The van der Waals surface area contributed by atoms with Crippen molar-refractivity contribution >= 4 is 11.3 Å². The molecule has 3 rings (SSSR count). The van der Waals surface area contributed by atoms with E-state index in [0.29, 0.717) is 6.04 Å². The largest absolute Gasteiger partial charge is 0.322 e. The van der Waals surface area contributed by atoms with E-state index < -0.39 is 0 Å². The van der Waals surface area contributed by atoms with Crippen LogP contribution in [-0.4, -0.2) is 52.9 Å². The summed E-state index contributed by atoms with van der Waals surface area (Å²) in [4.78, 5) is 4.54. The molecule has 1 aliphatic rings. The van der Waals surface area contributed by atoms with E-state index in [1.165, 1.54) is 31.1 Å². The number of aromatic nitrogens is 4. The highest BCUT2D eigenvalue weighted by molar-refractivity contribution is 7.09. The summed E-state index contributed by atoms with van der Waals surface area (Å²) in [6.45, 7) is 12.7. The van der Waals surface area contributed by atoms with Crippen molar-refractivity contribution in [3.8, 4) is 0 Å². The number of hydrogen-bond acceptors (Lipinski definition) is 4. The fraction of sp³-hybridized carbons (Fsp3) is 0.562. The van der Waals surface area contributed by atoms with Gasteiger partial charge in [-0.05, 0) is 27.9 Å². The van der Waals surface area contributed by atoms with Crippen LogP contribution in [0.3, 0.4) is 0 Å². The van der Waals surface area contributed by atoms with Gasteiger partial charge in [-0.3, -0.25) is 0 Å². The normalized spacial score (nSPS) is 22.8. The molecule has 1 saturated heterocycles. The van der Waals surface area contributed by atoms with Crippen molar-refractivity contribution in [2.24, 2.45) is 0 Å². The monoisotopic (exact) mass is 334 g/mol. The number of tetrazole rings is 1. The van der Waals surface area contributed by atoms with Gasteiger partial charge in [0.05, 0.1) is 13.1 Å². The number of thiophene rings is 1. The van der Waals surface area contributed by atoms with Gasteiger partial charge in [0.2, 0.25) is 5.82 Å². The predicted molar refractivity (Wildman–Crippen MR) is 90.7 cm³/mol. The predicted octanol–water partition coefficient (Wildman–Crippen LogP) is -0.797. The first-order valence-corrected chi connectivity index (χ1v) is 9.27. The van der Waals surface area contributed by atoms with Crippen LogP contribution in [0.15, 0.2) is 30.2 Å². The van der Waals surface area contributed by atoms with E-state index in [2.05, 4.69) is 46.5 Å². The average Bonchev–Trinajstić information content (AvgIpc) is 3.23. The first-order valence-electron chi connectivity index (χ1n) is 8.39. The van der Waals surface area contributed by atoms with Crippen molar-refractivity contribution in [3.63, 3.8) is 0 Å². The molecule has 3 heterocycles. The van der Waals surface area contributed by atoms with E-state index in [-0.39, 0.29) is 0 Å². The summed E-state index contributed by atoms with van der Waals surface area (Å²) >= 11 is 1.75. The van der Waals surface area contributed by atoms with Gasteiger partial charge in [-0.1, -0.05) is 19.6 Å². The highest BCUT2D eigenvalue weighted by atomic mass is 32.1. The molecule has 1 fully saturated rings. The maximum Gasteiger partial charge on any atom is 0.209 e. The van der Waals surface area contributed by atoms with Crippen LogP contribution in [0.5, 0.6) is 0 Å². The molecule has 2 aromatic rings. The molecular formula is C16H26N6S+2. The van der Waals surface area contributed by atoms with E-state index in [0.717, 1.165) is 25.3 Å². The van der Waals surface area contributed by atoms with Crippen LogP contribution in [0, 0.1) is 0 Å². The Balaban J connectivity index is 1.69.